The number of carbonyl (C=O) groups excluding carboxylic acids is 1. The second-order valence-electron chi connectivity index (χ2n) is 3.06. The Bertz CT molecular complexity index is 556. The standard InChI is InChI=1S/C10H7NO4/c12-7-3-1-2-5-4-6(11-8(5)7)9(13)10(14)15/h1-4,11-12H,(H,14,15). The molecule has 1 aromatic carbocycles. The number of rotatable bonds is 2. The molecule has 0 radical (unpaired) electrons. The van der Waals surface area contributed by atoms with Gasteiger partial charge in [0, 0.05) is 5.39 Å². The van der Waals surface area contributed by atoms with Crippen LogP contribution in [0.1, 0.15) is 10.5 Å². The van der Waals surface area contributed by atoms with Crippen molar-refractivity contribution >= 4 is 22.7 Å². The molecule has 0 atom stereocenters. The molecule has 1 aromatic heterocycles. The van der Waals surface area contributed by atoms with Crippen LogP contribution in [0.4, 0.5) is 0 Å². The summed E-state index contributed by atoms with van der Waals surface area (Å²) in [6, 6.07) is 6.13. The molecule has 15 heavy (non-hydrogen) atoms. The lowest BCUT2D eigenvalue weighted by Crippen LogP contribution is -2.12. The van der Waals surface area contributed by atoms with E-state index in [1.54, 1.807) is 12.1 Å². The molecule has 5 heteroatoms. The lowest BCUT2D eigenvalue weighted by atomic mass is 10.2. The predicted molar refractivity (Wildman–Crippen MR) is 51.9 cm³/mol. The fraction of sp³-hybridized carbons (Fsp3) is 0. The van der Waals surface area contributed by atoms with E-state index in [1.807, 2.05) is 0 Å². The Balaban J connectivity index is 2.62. The lowest BCUT2D eigenvalue weighted by molar-refractivity contribution is -0.131. The maximum absolute atomic E-state index is 11.1. The Labute approximate surface area is 84.0 Å². The van der Waals surface area contributed by atoms with E-state index in [0.29, 0.717) is 10.9 Å². The highest BCUT2D eigenvalue weighted by atomic mass is 16.4. The summed E-state index contributed by atoms with van der Waals surface area (Å²) in [5, 5.41) is 18.5. The van der Waals surface area contributed by atoms with Gasteiger partial charge in [-0.05, 0) is 12.1 Å². The third-order valence-electron chi connectivity index (χ3n) is 2.07. The fourth-order valence-corrected chi connectivity index (χ4v) is 1.38. The van der Waals surface area contributed by atoms with Crippen molar-refractivity contribution in [1.29, 1.82) is 0 Å². The van der Waals surface area contributed by atoms with Crippen molar-refractivity contribution < 1.29 is 19.8 Å². The Morgan fingerprint density at radius 2 is 2.00 bits per heavy atom. The molecule has 0 spiro atoms. The average molecular weight is 205 g/mol. The van der Waals surface area contributed by atoms with E-state index in [2.05, 4.69) is 4.98 Å². The Morgan fingerprint density at radius 3 is 2.60 bits per heavy atom. The van der Waals surface area contributed by atoms with Gasteiger partial charge in [-0.1, -0.05) is 12.1 Å². The van der Waals surface area contributed by atoms with Crippen LogP contribution in [0.25, 0.3) is 10.9 Å². The fourth-order valence-electron chi connectivity index (χ4n) is 1.38. The van der Waals surface area contributed by atoms with Crippen LogP contribution >= 0.6 is 0 Å². The number of phenols is 1. The van der Waals surface area contributed by atoms with E-state index in [0.717, 1.165) is 0 Å². The number of carboxylic acids is 1. The highest BCUT2D eigenvalue weighted by Gasteiger charge is 2.17. The monoisotopic (exact) mass is 205 g/mol. The van der Waals surface area contributed by atoms with Crippen molar-refractivity contribution in [3.8, 4) is 5.75 Å². The maximum atomic E-state index is 11.1. The van der Waals surface area contributed by atoms with Crippen LogP contribution in [-0.2, 0) is 4.79 Å². The predicted octanol–water partition coefficient (Wildman–Crippen LogP) is 1.14. The van der Waals surface area contributed by atoms with E-state index >= 15 is 0 Å². The van der Waals surface area contributed by atoms with E-state index in [4.69, 9.17) is 5.11 Å². The summed E-state index contributed by atoms with van der Waals surface area (Å²) in [4.78, 5) is 24.1. The molecule has 0 saturated heterocycles. The van der Waals surface area contributed by atoms with Crippen LogP contribution in [0.2, 0.25) is 0 Å². The molecule has 0 saturated carbocycles. The van der Waals surface area contributed by atoms with Crippen molar-refractivity contribution in [1.82, 2.24) is 4.98 Å². The van der Waals surface area contributed by atoms with Crippen LogP contribution in [0, 0.1) is 0 Å². The van der Waals surface area contributed by atoms with Crippen molar-refractivity contribution in [3.63, 3.8) is 0 Å². The number of aromatic nitrogens is 1. The zero-order valence-electron chi connectivity index (χ0n) is 7.52. The number of para-hydroxylation sites is 1. The number of H-pyrrole nitrogens is 1. The largest absolute Gasteiger partial charge is 0.506 e. The van der Waals surface area contributed by atoms with Crippen LogP contribution < -0.4 is 0 Å². The molecule has 0 fully saturated rings. The molecule has 0 aliphatic carbocycles. The molecular weight excluding hydrogens is 198 g/mol. The highest BCUT2D eigenvalue weighted by Crippen LogP contribution is 2.24. The van der Waals surface area contributed by atoms with Gasteiger partial charge in [-0.15, -0.1) is 0 Å². The van der Waals surface area contributed by atoms with Gasteiger partial charge in [0.05, 0.1) is 11.2 Å². The number of hydrogen-bond acceptors (Lipinski definition) is 3. The molecule has 5 nitrogen and oxygen atoms in total. The molecule has 0 aliphatic rings. The molecule has 3 N–H and O–H groups in total. The maximum Gasteiger partial charge on any atom is 0.378 e. The Hall–Kier alpha value is -2.30. The Morgan fingerprint density at radius 1 is 1.27 bits per heavy atom. The number of ketones is 1. The second-order valence-corrected chi connectivity index (χ2v) is 3.06. The first-order valence-corrected chi connectivity index (χ1v) is 4.18. The first-order chi connectivity index (χ1) is 7.09. The highest BCUT2D eigenvalue weighted by molar-refractivity contribution is 6.39. The van der Waals surface area contributed by atoms with Gasteiger partial charge in [0.15, 0.2) is 0 Å². The van der Waals surface area contributed by atoms with E-state index in [1.165, 1.54) is 12.1 Å². The molecule has 0 unspecified atom stereocenters. The number of benzene rings is 1. The van der Waals surface area contributed by atoms with Crippen LogP contribution in [0.3, 0.4) is 0 Å². The summed E-state index contributed by atoms with van der Waals surface area (Å²) in [6.07, 6.45) is 0. The van der Waals surface area contributed by atoms with Gasteiger partial charge >= 0.3 is 5.97 Å². The number of phenolic OH excluding ortho intramolecular Hbond substituents is 1. The molecule has 0 aliphatic heterocycles. The van der Waals surface area contributed by atoms with Crippen LogP contribution in [0.5, 0.6) is 5.75 Å². The third kappa shape index (κ3) is 1.43. The SMILES string of the molecule is O=C(O)C(=O)c1cc2cccc(O)c2[nH]1. The van der Waals surface area contributed by atoms with Gasteiger partial charge in [-0.25, -0.2) is 4.79 Å². The van der Waals surface area contributed by atoms with Crippen molar-refractivity contribution in [2.75, 3.05) is 0 Å². The summed E-state index contributed by atoms with van der Waals surface area (Å²) in [5.74, 6) is -2.57. The van der Waals surface area contributed by atoms with Gasteiger partial charge < -0.3 is 15.2 Å². The molecule has 1 heterocycles. The topological polar surface area (TPSA) is 90.4 Å². The summed E-state index contributed by atoms with van der Waals surface area (Å²) < 4.78 is 0. The molecular formula is C10H7NO4. The van der Waals surface area contributed by atoms with Crippen molar-refractivity contribution in [2.45, 2.75) is 0 Å². The first kappa shape index (κ1) is 9.26. The van der Waals surface area contributed by atoms with Crippen molar-refractivity contribution in [3.05, 3.63) is 30.0 Å². The van der Waals surface area contributed by atoms with Gasteiger partial charge in [0.1, 0.15) is 5.75 Å². The first-order valence-electron chi connectivity index (χ1n) is 4.18. The van der Waals surface area contributed by atoms with Gasteiger partial charge in [-0.2, -0.15) is 0 Å². The number of carbonyl (C=O) groups is 2. The summed E-state index contributed by atoms with van der Waals surface area (Å²) in [6.45, 7) is 0. The number of aromatic amines is 1. The number of aromatic hydroxyl groups is 1. The zero-order valence-corrected chi connectivity index (χ0v) is 7.52. The summed E-state index contributed by atoms with van der Waals surface area (Å²) >= 11 is 0. The van der Waals surface area contributed by atoms with Gasteiger partial charge in [0.25, 0.3) is 5.78 Å². The smallest absolute Gasteiger partial charge is 0.378 e. The van der Waals surface area contributed by atoms with E-state index in [-0.39, 0.29) is 11.4 Å². The van der Waals surface area contributed by atoms with Crippen molar-refractivity contribution in [2.24, 2.45) is 0 Å². The van der Waals surface area contributed by atoms with E-state index < -0.39 is 11.8 Å². The Kier molecular flexibility index (Phi) is 1.93. The molecule has 2 aromatic rings. The molecule has 0 amide bonds. The average Bonchev–Trinajstić information content (AvgIpc) is 2.61. The second kappa shape index (κ2) is 3.13. The molecule has 0 bridgehead atoms. The quantitative estimate of drug-likeness (QED) is 0.506. The van der Waals surface area contributed by atoms with Gasteiger partial charge in [0.2, 0.25) is 0 Å². The lowest BCUT2D eigenvalue weighted by Gasteiger charge is -1.92. The zero-order chi connectivity index (χ0) is 11.0. The number of fused-ring (bicyclic) bond motifs is 1. The number of carboxylic acid groups (broad SMARTS) is 1. The number of aliphatic carboxylic acids is 1. The minimum atomic E-state index is -1.53. The molecule has 2 rings (SSSR count). The number of nitrogens with one attached hydrogen (secondary N) is 1. The number of hydrogen-bond donors (Lipinski definition) is 3. The summed E-state index contributed by atoms with van der Waals surface area (Å²) in [5.41, 5.74) is 0.320. The minimum Gasteiger partial charge on any atom is -0.506 e. The molecule has 76 valence electrons. The number of Topliss-reactive ketones (excluding diaryl/α,β-unsaturated/α-hetero) is 1. The third-order valence-corrected chi connectivity index (χ3v) is 2.07. The van der Waals surface area contributed by atoms with Crippen LogP contribution in [-0.4, -0.2) is 26.9 Å². The summed E-state index contributed by atoms with van der Waals surface area (Å²) in [7, 11) is 0. The van der Waals surface area contributed by atoms with Gasteiger partial charge in [-0.3, -0.25) is 4.79 Å². The van der Waals surface area contributed by atoms with E-state index in [9.17, 15) is 14.7 Å². The normalized spacial score (nSPS) is 10.4. The van der Waals surface area contributed by atoms with Crippen LogP contribution in [0.15, 0.2) is 24.3 Å². The minimum absolute atomic E-state index is 0.0167.